The van der Waals surface area contributed by atoms with Crippen LogP contribution in [0.15, 0.2) is 34.8 Å². The fraction of sp³-hybridized carbons (Fsp3) is 0.273. The number of benzene rings is 1. The predicted molar refractivity (Wildman–Crippen MR) is 65.4 cm³/mol. The third-order valence-electron chi connectivity index (χ3n) is 2.04. The molecule has 3 nitrogen and oxygen atoms in total. The lowest BCUT2D eigenvalue weighted by molar-refractivity contribution is 0.0664. The average Bonchev–Trinajstić information content (AvgIpc) is 2.28. The Kier molecular flexibility index (Phi) is 5.63. The average molecular weight is 262 g/mol. The van der Waals surface area contributed by atoms with Gasteiger partial charge in [-0.25, -0.2) is 5.90 Å². The second-order valence-electron chi connectivity index (χ2n) is 3.15. The summed E-state index contributed by atoms with van der Waals surface area (Å²) in [5.41, 5.74) is 0.987. The highest BCUT2D eigenvalue weighted by atomic mass is 35.5. The number of nitrogens with two attached hydrogens (primary N) is 1. The van der Waals surface area contributed by atoms with Crippen LogP contribution in [0.5, 0.6) is 5.75 Å². The zero-order valence-corrected chi connectivity index (χ0v) is 10.3. The van der Waals surface area contributed by atoms with Crippen molar-refractivity contribution in [3.63, 3.8) is 0 Å². The van der Waals surface area contributed by atoms with E-state index in [-0.39, 0.29) is 10.6 Å². The van der Waals surface area contributed by atoms with Crippen LogP contribution >= 0.6 is 23.2 Å². The van der Waals surface area contributed by atoms with Gasteiger partial charge in [-0.1, -0.05) is 35.3 Å². The first-order valence-corrected chi connectivity index (χ1v) is 5.48. The summed E-state index contributed by atoms with van der Waals surface area (Å²) in [6.07, 6.45) is 1.44. The summed E-state index contributed by atoms with van der Waals surface area (Å²) in [6, 6.07) is 7.44. The Hall–Kier alpha value is -0.740. The van der Waals surface area contributed by atoms with Crippen LogP contribution < -0.4 is 10.6 Å². The summed E-state index contributed by atoms with van der Waals surface area (Å²) in [6.45, 7) is 2.20. The minimum absolute atomic E-state index is 0.133. The van der Waals surface area contributed by atoms with Crippen LogP contribution in [-0.2, 0) is 4.84 Å². The van der Waals surface area contributed by atoms with Gasteiger partial charge in [0, 0.05) is 0 Å². The Morgan fingerprint density at radius 3 is 2.50 bits per heavy atom. The van der Waals surface area contributed by atoms with E-state index in [1.165, 1.54) is 0 Å². The molecule has 2 N–H and O–H groups in total. The summed E-state index contributed by atoms with van der Waals surface area (Å²) in [5, 5.41) is 0. The van der Waals surface area contributed by atoms with Gasteiger partial charge in [0.2, 0.25) is 0 Å². The molecule has 1 aromatic carbocycles. The van der Waals surface area contributed by atoms with E-state index < -0.39 is 0 Å². The summed E-state index contributed by atoms with van der Waals surface area (Å²) in [4.78, 5) is 4.70. The molecule has 0 aliphatic carbocycles. The first-order valence-electron chi connectivity index (χ1n) is 4.73. The molecule has 0 amide bonds. The molecule has 0 spiro atoms. The largest absolute Gasteiger partial charge is 0.489 e. The topological polar surface area (TPSA) is 44.5 Å². The highest BCUT2D eigenvalue weighted by Gasteiger charge is 2.03. The van der Waals surface area contributed by atoms with Gasteiger partial charge in [-0.15, -0.1) is 0 Å². The minimum Gasteiger partial charge on any atom is -0.489 e. The smallest absolute Gasteiger partial charge is 0.119 e. The number of rotatable bonds is 5. The first kappa shape index (κ1) is 13.3. The van der Waals surface area contributed by atoms with Crippen molar-refractivity contribution in [2.45, 2.75) is 13.0 Å². The Bertz CT molecular complexity index is 348. The van der Waals surface area contributed by atoms with Crippen LogP contribution in [0, 0.1) is 0 Å². The van der Waals surface area contributed by atoms with E-state index >= 15 is 0 Å². The highest BCUT2D eigenvalue weighted by molar-refractivity contribution is 6.55. The molecule has 1 atom stereocenters. The van der Waals surface area contributed by atoms with Crippen molar-refractivity contribution in [1.82, 2.24) is 0 Å². The van der Waals surface area contributed by atoms with Crippen LogP contribution in [-0.4, -0.2) is 6.61 Å². The maximum Gasteiger partial charge on any atom is 0.119 e. The number of hydrogen-bond acceptors (Lipinski definition) is 3. The third kappa shape index (κ3) is 4.41. The first-order chi connectivity index (χ1) is 7.63. The molecule has 0 bridgehead atoms. The zero-order valence-electron chi connectivity index (χ0n) is 8.82. The van der Waals surface area contributed by atoms with Gasteiger partial charge in [0.25, 0.3) is 0 Å². The molecule has 0 saturated heterocycles. The SMILES string of the molecule is CC(ON)c1ccc(OCC=C(Cl)Cl)cc1. The van der Waals surface area contributed by atoms with Crippen molar-refractivity contribution in [2.75, 3.05) is 6.61 Å². The minimum atomic E-state index is -0.133. The van der Waals surface area contributed by atoms with E-state index in [0.717, 1.165) is 11.3 Å². The standard InChI is InChI=1S/C11H13Cl2NO2/c1-8(16-14)9-2-4-10(5-3-9)15-7-6-11(12)13/h2-6,8H,7,14H2,1H3. The van der Waals surface area contributed by atoms with Gasteiger partial charge >= 0.3 is 0 Å². The van der Waals surface area contributed by atoms with Gasteiger partial charge in [0.15, 0.2) is 0 Å². The van der Waals surface area contributed by atoms with Gasteiger partial charge in [-0.2, -0.15) is 0 Å². The molecule has 0 saturated carbocycles. The molecule has 1 rings (SSSR count). The molecular formula is C11H13Cl2NO2. The van der Waals surface area contributed by atoms with Gasteiger partial charge in [0.05, 0.1) is 0 Å². The third-order valence-corrected chi connectivity index (χ3v) is 2.35. The van der Waals surface area contributed by atoms with Gasteiger partial charge in [-0.05, 0) is 30.7 Å². The molecular weight excluding hydrogens is 249 g/mol. The molecule has 1 unspecified atom stereocenters. The van der Waals surface area contributed by atoms with Crippen LogP contribution in [0.2, 0.25) is 0 Å². The quantitative estimate of drug-likeness (QED) is 0.827. The van der Waals surface area contributed by atoms with Crippen molar-refractivity contribution < 1.29 is 9.57 Å². The van der Waals surface area contributed by atoms with Crippen LogP contribution in [0.4, 0.5) is 0 Å². The van der Waals surface area contributed by atoms with E-state index in [9.17, 15) is 0 Å². The molecule has 0 radical (unpaired) electrons. The molecule has 0 aliphatic rings. The lowest BCUT2D eigenvalue weighted by Gasteiger charge is -2.09. The maximum absolute atomic E-state index is 5.45. The van der Waals surface area contributed by atoms with Crippen LogP contribution in [0.1, 0.15) is 18.6 Å². The van der Waals surface area contributed by atoms with Gasteiger partial charge in [0.1, 0.15) is 23.0 Å². The summed E-state index contributed by atoms with van der Waals surface area (Å²) in [7, 11) is 0. The Morgan fingerprint density at radius 1 is 1.38 bits per heavy atom. The highest BCUT2D eigenvalue weighted by Crippen LogP contribution is 2.19. The molecule has 5 heteroatoms. The lowest BCUT2D eigenvalue weighted by atomic mass is 10.1. The van der Waals surface area contributed by atoms with E-state index in [1.54, 1.807) is 6.08 Å². The fourth-order valence-electron chi connectivity index (χ4n) is 1.11. The zero-order chi connectivity index (χ0) is 12.0. The second-order valence-corrected chi connectivity index (χ2v) is 4.16. The number of hydrogen-bond donors (Lipinski definition) is 1. The fourth-order valence-corrected chi connectivity index (χ4v) is 1.24. The number of halogens is 2. The van der Waals surface area contributed by atoms with E-state index in [0.29, 0.717) is 6.61 Å². The Labute approximate surface area is 105 Å². The van der Waals surface area contributed by atoms with Crippen molar-refractivity contribution in [1.29, 1.82) is 0 Å². The lowest BCUT2D eigenvalue weighted by Crippen LogP contribution is -2.05. The normalized spacial score (nSPS) is 12.0. The van der Waals surface area contributed by atoms with Gasteiger partial charge in [-0.3, -0.25) is 4.84 Å². The Morgan fingerprint density at radius 2 is 2.00 bits per heavy atom. The number of ether oxygens (including phenoxy) is 1. The Balaban J connectivity index is 2.54. The van der Waals surface area contributed by atoms with Crippen molar-refractivity contribution in [3.8, 4) is 5.75 Å². The molecule has 0 heterocycles. The molecule has 0 aliphatic heterocycles. The van der Waals surface area contributed by atoms with Crippen molar-refractivity contribution in [2.24, 2.45) is 5.90 Å². The summed E-state index contributed by atoms with van der Waals surface area (Å²) < 4.78 is 5.56. The summed E-state index contributed by atoms with van der Waals surface area (Å²) >= 11 is 10.9. The molecule has 0 fully saturated rings. The predicted octanol–water partition coefficient (Wildman–Crippen LogP) is 3.34. The summed E-state index contributed by atoms with van der Waals surface area (Å²) in [5.74, 6) is 5.82. The molecule has 1 aromatic rings. The van der Waals surface area contributed by atoms with E-state index in [1.807, 2.05) is 31.2 Å². The molecule has 0 aromatic heterocycles. The van der Waals surface area contributed by atoms with E-state index in [4.69, 9.17) is 38.7 Å². The van der Waals surface area contributed by atoms with E-state index in [2.05, 4.69) is 0 Å². The monoisotopic (exact) mass is 261 g/mol. The van der Waals surface area contributed by atoms with Crippen LogP contribution in [0.25, 0.3) is 0 Å². The second kappa shape index (κ2) is 6.76. The van der Waals surface area contributed by atoms with Crippen molar-refractivity contribution in [3.05, 3.63) is 40.4 Å². The van der Waals surface area contributed by atoms with Crippen LogP contribution in [0.3, 0.4) is 0 Å². The molecule has 16 heavy (non-hydrogen) atoms. The van der Waals surface area contributed by atoms with Crippen molar-refractivity contribution >= 4 is 23.2 Å². The van der Waals surface area contributed by atoms with Gasteiger partial charge < -0.3 is 4.74 Å². The molecule has 88 valence electrons. The maximum atomic E-state index is 5.45.